The Morgan fingerprint density at radius 3 is 2.10 bits per heavy atom. The van der Waals surface area contributed by atoms with Crippen molar-refractivity contribution in [2.75, 3.05) is 17.1 Å². The molecule has 9 heteroatoms. The maximum atomic E-state index is 12.7. The molecule has 1 amide bonds. The van der Waals surface area contributed by atoms with E-state index in [9.17, 15) is 13.2 Å². The van der Waals surface area contributed by atoms with Crippen molar-refractivity contribution in [1.82, 2.24) is 5.32 Å². The van der Waals surface area contributed by atoms with Crippen LogP contribution in [0.1, 0.15) is 35.2 Å². The third-order valence-electron chi connectivity index (χ3n) is 4.67. The Morgan fingerprint density at radius 1 is 0.966 bits per heavy atom. The zero-order valence-corrected chi connectivity index (χ0v) is 19.9. The van der Waals surface area contributed by atoms with Crippen molar-refractivity contribution in [3.8, 4) is 0 Å². The summed E-state index contributed by atoms with van der Waals surface area (Å²) in [7, 11) is -3.80. The van der Waals surface area contributed by atoms with E-state index in [1.165, 1.54) is 17.7 Å². The molecule has 0 fully saturated rings. The highest BCUT2D eigenvalue weighted by Crippen LogP contribution is 2.35. The molecule has 158 valence electrons. The molecule has 0 aliphatic rings. The van der Waals surface area contributed by atoms with Crippen LogP contribution in [0.3, 0.4) is 0 Å². The summed E-state index contributed by atoms with van der Waals surface area (Å²) in [4.78, 5) is 12.7. The highest BCUT2D eigenvalue weighted by atomic mass is 35.5. The zero-order chi connectivity index (χ0) is 22.1. The van der Waals surface area contributed by atoms with Crippen molar-refractivity contribution in [1.29, 1.82) is 0 Å². The standard InChI is InChI=1S/C20H23Cl3N2O3S/c1-11-6-13(3)15(7-12(11)2)14(4)24-20(26)10-25(29(5,27)28)19-9-17(22)16(21)8-18(19)23/h6-9,14H,10H2,1-5H3,(H,24,26). The molecule has 1 unspecified atom stereocenters. The number of nitrogens with zero attached hydrogens (tertiary/aromatic N) is 1. The molecule has 0 spiro atoms. The molecular weight excluding hydrogens is 455 g/mol. The van der Waals surface area contributed by atoms with Gasteiger partial charge in [-0.1, -0.05) is 46.9 Å². The third-order valence-corrected chi connectivity index (χ3v) is 6.82. The van der Waals surface area contributed by atoms with Crippen LogP contribution in [-0.2, 0) is 14.8 Å². The van der Waals surface area contributed by atoms with E-state index >= 15 is 0 Å². The number of benzene rings is 2. The Balaban J connectivity index is 2.28. The van der Waals surface area contributed by atoms with E-state index in [4.69, 9.17) is 34.8 Å². The molecule has 5 nitrogen and oxygen atoms in total. The van der Waals surface area contributed by atoms with Crippen LogP contribution >= 0.6 is 34.8 Å². The highest BCUT2D eigenvalue weighted by Gasteiger charge is 2.25. The van der Waals surface area contributed by atoms with Crippen molar-refractivity contribution in [2.45, 2.75) is 33.7 Å². The lowest BCUT2D eigenvalue weighted by molar-refractivity contribution is -0.120. The molecule has 0 saturated heterocycles. The van der Waals surface area contributed by atoms with Gasteiger partial charge in [-0.05, 0) is 62.1 Å². The Hall–Kier alpha value is -1.47. The molecule has 0 aliphatic heterocycles. The normalized spacial score (nSPS) is 12.6. The Kier molecular flexibility index (Phi) is 7.49. The number of halogens is 3. The van der Waals surface area contributed by atoms with Gasteiger partial charge in [0.1, 0.15) is 6.54 Å². The monoisotopic (exact) mass is 476 g/mol. The second-order valence-corrected chi connectivity index (χ2v) is 10.2. The average Bonchev–Trinajstić information content (AvgIpc) is 2.58. The average molecular weight is 478 g/mol. The van der Waals surface area contributed by atoms with Crippen LogP contribution in [-0.4, -0.2) is 27.1 Å². The van der Waals surface area contributed by atoms with Gasteiger partial charge < -0.3 is 5.32 Å². The number of carbonyl (C=O) groups excluding carboxylic acids is 1. The molecular formula is C20H23Cl3N2O3S. The number of amides is 1. The van der Waals surface area contributed by atoms with E-state index in [1.54, 1.807) is 0 Å². The van der Waals surface area contributed by atoms with Gasteiger partial charge in [0.2, 0.25) is 15.9 Å². The highest BCUT2D eigenvalue weighted by molar-refractivity contribution is 7.92. The summed E-state index contributed by atoms with van der Waals surface area (Å²) in [6, 6.07) is 6.47. The summed E-state index contributed by atoms with van der Waals surface area (Å²) in [5.74, 6) is -0.470. The second kappa shape index (κ2) is 9.13. The van der Waals surface area contributed by atoms with Crippen LogP contribution in [0.5, 0.6) is 0 Å². The van der Waals surface area contributed by atoms with Gasteiger partial charge in [0, 0.05) is 0 Å². The lowest BCUT2D eigenvalue weighted by Gasteiger charge is -2.25. The molecule has 0 heterocycles. The molecule has 29 heavy (non-hydrogen) atoms. The molecule has 2 aromatic rings. The largest absolute Gasteiger partial charge is 0.348 e. The lowest BCUT2D eigenvalue weighted by Crippen LogP contribution is -2.41. The molecule has 0 bridgehead atoms. The van der Waals surface area contributed by atoms with Gasteiger partial charge in [0.25, 0.3) is 0 Å². The van der Waals surface area contributed by atoms with Crippen LogP contribution in [0.4, 0.5) is 5.69 Å². The van der Waals surface area contributed by atoms with Crippen LogP contribution in [0, 0.1) is 20.8 Å². The minimum absolute atomic E-state index is 0.0793. The van der Waals surface area contributed by atoms with Crippen molar-refractivity contribution >= 4 is 56.4 Å². The molecule has 0 aliphatic carbocycles. The number of nitrogens with one attached hydrogen (secondary N) is 1. The summed E-state index contributed by atoms with van der Waals surface area (Å²) in [5.41, 5.74) is 4.40. The minimum Gasteiger partial charge on any atom is -0.348 e. The first-order chi connectivity index (χ1) is 13.3. The van der Waals surface area contributed by atoms with Gasteiger partial charge in [0.15, 0.2) is 0 Å². The van der Waals surface area contributed by atoms with Crippen molar-refractivity contribution in [3.63, 3.8) is 0 Å². The van der Waals surface area contributed by atoms with Gasteiger partial charge in [-0.15, -0.1) is 0 Å². The first kappa shape index (κ1) is 23.8. The summed E-state index contributed by atoms with van der Waals surface area (Å²) in [6.07, 6.45) is 0.996. The van der Waals surface area contributed by atoms with Crippen molar-refractivity contribution < 1.29 is 13.2 Å². The van der Waals surface area contributed by atoms with E-state index in [0.29, 0.717) is 0 Å². The minimum atomic E-state index is -3.80. The molecule has 0 radical (unpaired) electrons. The first-order valence-electron chi connectivity index (χ1n) is 8.80. The lowest BCUT2D eigenvalue weighted by atomic mass is 9.96. The number of rotatable bonds is 6. The van der Waals surface area contributed by atoms with Crippen LogP contribution in [0.25, 0.3) is 0 Å². The number of anilines is 1. The Morgan fingerprint density at radius 2 is 1.52 bits per heavy atom. The maximum absolute atomic E-state index is 12.7. The zero-order valence-electron chi connectivity index (χ0n) is 16.8. The predicted octanol–water partition coefficient (Wildman–Crippen LogP) is 5.22. The van der Waals surface area contributed by atoms with E-state index in [1.807, 2.05) is 33.8 Å². The second-order valence-electron chi connectivity index (χ2n) is 7.07. The topological polar surface area (TPSA) is 66.5 Å². The number of hydrogen-bond acceptors (Lipinski definition) is 3. The molecule has 2 aromatic carbocycles. The number of hydrogen-bond donors (Lipinski definition) is 1. The molecule has 1 atom stereocenters. The summed E-state index contributed by atoms with van der Waals surface area (Å²) >= 11 is 18.1. The molecule has 0 saturated carbocycles. The number of carbonyl (C=O) groups is 1. The van der Waals surface area contributed by atoms with E-state index in [0.717, 1.165) is 27.3 Å². The quantitative estimate of drug-likeness (QED) is 0.580. The molecule has 0 aromatic heterocycles. The SMILES string of the molecule is Cc1cc(C)c(C(C)NC(=O)CN(c2cc(Cl)c(Cl)cc2Cl)S(C)(=O)=O)cc1C. The van der Waals surface area contributed by atoms with Crippen LogP contribution < -0.4 is 9.62 Å². The van der Waals surface area contributed by atoms with Crippen molar-refractivity contribution in [2.24, 2.45) is 0 Å². The van der Waals surface area contributed by atoms with Gasteiger partial charge in [0.05, 0.1) is 33.1 Å². The summed E-state index contributed by atoms with van der Waals surface area (Å²) in [5, 5.41) is 3.26. The van der Waals surface area contributed by atoms with Gasteiger partial charge in [-0.2, -0.15) is 0 Å². The van der Waals surface area contributed by atoms with Gasteiger partial charge in [-0.3, -0.25) is 9.10 Å². The van der Waals surface area contributed by atoms with E-state index < -0.39 is 22.5 Å². The molecule has 1 N–H and O–H groups in total. The fourth-order valence-electron chi connectivity index (χ4n) is 3.03. The first-order valence-corrected chi connectivity index (χ1v) is 11.8. The molecule has 2 rings (SSSR count). The van der Waals surface area contributed by atoms with E-state index in [-0.39, 0.29) is 26.8 Å². The fourth-order valence-corrected chi connectivity index (χ4v) is 4.58. The van der Waals surface area contributed by atoms with Gasteiger partial charge in [-0.25, -0.2) is 8.42 Å². The van der Waals surface area contributed by atoms with Crippen LogP contribution in [0.2, 0.25) is 15.1 Å². The summed E-state index contributed by atoms with van der Waals surface area (Å²) in [6.45, 7) is 7.42. The maximum Gasteiger partial charge on any atom is 0.241 e. The summed E-state index contributed by atoms with van der Waals surface area (Å²) < 4.78 is 25.5. The fraction of sp³-hybridized carbons (Fsp3) is 0.350. The number of aryl methyl sites for hydroxylation is 3. The Labute approximate surface area is 187 Å². The van der Waals surface area contributed by atoms with Crippen molar-refractivity contribution in [3.05, 3.63) is 61.6 Å². The smallest absolute Gasteiger partial charge is 0.241 e. The van der Waals surface area contributed by atoms with E-state index in [2.05, 4.69) is 11.4 Å². The van der Waals surface area contributed by atoms with Gasteiger partial charge >= 0.3 is 0 Å². The van der Waals surface area contributed by atoms with Crippen LogP contribution in [0.15, 0.2) is 24.3 Å². The Bertz CT molecular complexity index is 1060. The number of sulfonamides is 1. The third kappa shape index (κ3) is 5.79. The predicted molar refractivity (Wildman–Crippen MR) is 121 cm³/mol.